The minimum atomic E-state index is -0.227. The summed E-state index contributed by atoms with van der Waals surface area (Å²) < 4.78 is 11.0. The highest BCUT2D eigenvalue weighted by atomic mass is 16.5. The number of carbonyl (C=O) groups is 1. The molecule has 1 aromatic carbocycles. The summed E-state index contributed by atoms with van der Waals surface area (Å²) in [6.45, 7) is 4.08. The molecule has 2 aliphatic rings. The van der Waals surface area contributed by atoms with Gasteiger partial charge in [0.15, 0.2) is 0 Å². The lowest BCUT2D eigenvalue weighted by atomic mass is 9.95. The predicted octanol–water partition coefficient (Wildman–Crippen LogP) is 2.77. The molecule has 0 saturated carbocycles. The Hall–Kier alpha value is -1.77. The molecule has 0 aromatic heterocycles. The van der Waals surface area contributed by atoms with Gasteiger partial charge in [0.05, 0.1) is 12.2 Å². The van der Waals surface area contributed by atoms with Gasteiger partial charge in [0, 0.05) is 5.92 Å². The van der Waals surface area contributed by atoms with E-state index in [-0.39, 0.29) is 18.0 Å². The molecule has 0 N–H and O–H groups in total. The van der Waals surface area contributed by atoms with Crippen molar-refractivity contribution in [1.29, 1.82) is 0 Å². The zero-order valence-corrected chi connectivity index (χ0v) is 10.6. The molecule has 1 heterocycles. The minimum absolute atomic E-state index is 0.000561. The number of benzene rings is 1. The predicted molar refractivity (Wildman–Crippen MR) is 66.8 cm³/mol. The zero-order valence-electron chi connectivity index (χ0n) is 10.6. The van der Waals surface area contributed by atoms with Crippen molar-refractivity contribution in [3.05, 3.63) is 46.7 Å². The van der Waals surface area contributed by atoms with Gasteiger partial charge in [-0.05, 0) is 31.4 Å². The first-order chi connectivity index (χ1) is 8.72. The molecule has 0 bridgehead atoms. The Kier molecular flexibility index (Phi) is 2.62. The first-order valence-electron chi connectivity index (χ1n) is 6.34. The van der Waals surface area contributed by atoms with Crippen molar-refractivity contribution >= 4 is 5.97 Å². The van der Waals surface area contributed by atoms with Crippen LogP contribution in [0.1, 0.15) is 31.1 Å². The summed E-state index contributed by atoms with van der Waals surface area (Å²) in [4.78, 5) is 12.0. The van der Waals surface area contributed by atoms with E-state index in [0.717, 1.165) is 17.8 Å². The third kappa shape index (κ3) is 1.54. The fourth-order valence-corrected chi connectivity index (χ4v) is 2.98. The van der Waals surface area contributed by atoms with Crippen molar-refractivity contribution in [2.45, 2.75) is 26.4 Å². The van der Waals surface area contributed by atoms with Gasteiger partial charge in [-0.2, -0.15) is 0 Å². The topological polar surface area (TPSA) is 35.5 Å². The Balaban J connectivity index is 1.93. The third-order valence-electron chi connectivity index (χ3n) is 3.72. The van der Waals surface area contributed by atoms with Crippen molar-refractivity contribution in [1.82, 2.24) is 0 Å². The number of hydrogen-bond donors (Lipinski definition) is 0. The average Bonchev–Trinajstić information content (AvgIpc) is 2.84. The van der Waals surface area contributed by atoms with Crippen LogP contribution in [-0.2, 0) is 20.7 Å². The molecule has 1 aliphatic heterocycles. The molecule has 0 saturated heterocycles. The fourth-order valence-electron chi connectivity index (χ4n) is 2.98. The second-order valence-corrected chi connectivity index (χ2v) is 4.74. The molecule has 0 spiro atoms. The van der Waals surface area contributed by atoms with Crippen molar-refractivity contribution in [2.24, 2.45) is 5.92 Å². The van der Waals surface area contributed by atoms with Crippen LogP contribution < -0.4 is 0 Å². The van der Waals surface area contributed by atoms with Crippen LogP contribution in [0.4, 0.5) is 0 Å². The van der Waals surface area contributed by atoms with Gasteiger partial charge in [0.1, 0.15) is 11.9 Å². The first-order valence-corrected chi connectivity index (χ1v) is 6.34. The molecule has 1 aromatic rings. The van der Waals surface area contributed by atoms with Gasteiger partial charge >= 0.3 is 5.97 Å². The monoisotopic (exact) mass is 244 g/mol. The van der Waals surface area contributed by atoms with Crippen molar-refractivity contribution in [2.75, 3.05) is 6.61 Å². The highest BCUT2D eigenvalue weighted by Gasteiger charge is 2.45. The van der Waals surface area contributed by atoms with Crippen LogP contribution in [-0.4, -0.2) is 12.6 Å². The van der Waals surface area contributed by atoms with Crippen molar-refractivity contribution < 1.29 is 14.3 Å². The van der Waals surface area contributed by atoms with Crippen molar-refractivity contribution in [3.8, 4) is 0 Å². The maximum absolute atomic E-state index is 12.0. The van der Waals surface area contributed by atoms with E-state index in [1.54, 1.807) is 0 Å². The molecular weight excluding hydrogens is 228 g/mol. The lowest BCUT2D eigenvalue weighted by Gasteiger charge is -2.12. The number of carbonyl (C=O) groups excluding carboxylic acids is 1. The van der Waals surface area contributed by atoms with Crippen LogP contribution in [0.15, 0.2) is 35.6 Å². The van der Waals surface area contributed by atoms with E-state index in [9.17, 15) is 4.79 Å². The number of esters is 1. The lowest BCUT2D eigenvalue weighted by molar-refractivity contribution is -0.139. The molecule has 3 nitrogen and oxygen atoms in total. The molecular formula is C15H16O3. The molecule has 0 radical (unpaired) electrons. The Morgan fingerprint density at radius 3 is 3.00 bits per heavy atom. The minimum Gasteiger partial charge on any atom is -0.489 e. The molecule has 94 valence electrons. The second kappa shape index (κ2) is 4.16. The zero-order chi connectivity index (χ0) is 12.7. The molecule has 18 heavy (non-hydrogen) atoms. The van der Waals surface area contributed by atoms with Crippen molar-refractivity contribution in [3.63, 3.8) is 0 Å². The molecule has 2 atom stereocenters. The summed E-state index contributed by atoms with van der Waals surface area (Å²) in [7, 11) is 0. The SMILES string of the molecule is CCOC(=O)C1=C(C)OC2c3ccccc3CC12. The molecule has 0 amide bonds. The quantitative estimate of drug-likeness (QED) is 0.750. The molecule has 3 rings (SSSR count). The largest absolute Gasteiger partial charge is 0.489 e. The highest BCUT2D eigenvalue weighted by Crippen LogP contribution is 2.49. The van der Waals surface area contributed by atoms with E-state index < -0.39 is 0 Å². The molecule has 2 unspecified atom stereocenters. The van der Waals surface area contributed by atoms with Gasteiger partial charge < -0.3 is 9.47 Å². The van der Waals surface area contributed by atoms with Crippen LogP contribution in [0.5, 0.6) is 0 Å². The van der Waals surface area contributed by atoms with E-state index in [0.29, 0.717) is 6.61 Å². The highest BCUT2D eigenvalue weighted by molar-refractivity contribution is 5.90. The summed E-state index contributed by atoms with van der Waals surface area (Å²) in [6.07, 6.45) is 0.868. The Morgan fingerprint density at radius 2 is 2.22 bits per heavy atom. The number of allylic oxidation sites excluding steroid dienone is 1. The molecule has 0 fully saturated rings. The Bertz CT molecular complexity index is 530. The summed E-state index contributed by atoms with van der Waals surface area (Å²) in [5.74, 6) is 0.620. The summed E-state index contributed by atoms with van der Waals surface area (Å²) in [5.41, 5.74) is 3.21. The van der Waals surface area contributed by atoms with E-state index in [2.05, 4.69) is 12.1 Å². The normalized spacial score (nSPS) is 24.6. The number of fused-ring (bicyclic) bond motifs is 3. The number of hydrogen-bond acceptors (Lipinski definition) is 3. The van der Waals surface area contributed by atoms with Crippen LogP contribution in [0.3, 0.4) is 0 Å². The average molecular weight is 244 g/mol. The lowest BCUT2D eigenvalue weighted by Crippen LogP contribution is -2.15. The van der Waals surface area contributed by atoms with Gasteiger partial charge in [-0.25, -0.2) is 4.79 Å². The maximum atomic E-state index is 12.0. The molecule has 1 aliphatic carbocycles. The van der Waals surface area contributed by atoms with E-state index >= 15 is 0 Å². The van der Waals surface area contributed by atoms with E-state index in [1.807, 2.05) is 26.0 Å². The first kappa shape index (κ1) is 11.3. The van der Waals surface area contributed by atoms with Crippen LogP contribution in [0.2, 0.25) is 0 Å². The standard InChI is InChI=1S/C15H16O3/c1-3-17-15(16)13-9(2)18-14-11-7-5-4-6-10(11)8-12(13)14/h4-7,12,14H,3,8H2,1-2H3. The Labute approximate surface area is 106 Å². The Morgan fingerprint density at radius 1 is 1.44 bits per heavy atom. The van der Waals surface area contributed by atoms with Gasteiger partial charge in [0.25, 0.3) is 0 Å². The van der Waals surface area contributed by atoms with E-state index in [4.69, 9.17) is 9.47 Å². The summed E-state index contributed by atoms with van der Waals surface area (Å²) in [5, 5.41) is 0. The van der Waals surface area contributed by atoms with E-state index in [1.165, 1.54) is 11.1 Å². The third-order valence-corrected chi connectivity index (χ3v) is 3.72. The van der Waals surface area contributed by atoms with Gasteiger partial charge in [-0.3, -0.25) is 0 Å². The summed E-state index contributed by atoms with van der Waals surface area (Å²) in [6, 6.07) is 8.24. The van der Waals surface area contributed by atoms with Crippen LogP contribution >= 0.6 is 0 Å². The van der Waals surface area contributed by atoms with Gasteiger partial charge in [0.2, 0.25) is 0 Å². The second-order valence-electron chi connectivity index (χ2n) is 4.74. The van der Waals surface area contributed by atoms with Crippen LogP contribution in [0, 0.1) is 5.92 Å². The number of ether oxygens (including phenoxy) is 2. The molecule has 3 heteroatoms. The smallest absolute Gasteiger partial charge is 0.337 e. The fraction of sp³-hybridized carbons (Fsp3) is 0.400. The maximum Gasteiger partial charge on any atom is 0.337 e. The van der Waals surface area contributed by atoms with Gasteiger partial charge in [-0.1, -0.05) is 24.3 Å². The van der Waals surface area contributed by atoms with Crippen LogP contribution in [0.25, 0.3) is 0 Å². The number of rotatable bonds is 2. The summed E-state index contributed by atoms with van der Waals surface area (Å²) >= 11 is 0. The van der Waals surface area contributed by atoms with Gasteiger partial charge in [-0.15, -0.1) is 0 Å².